The molecule has 0 aromatic heterocycles. The Morgan fingerprint density at radius 2 is 1.73 bits per heavy atom. The summed E-state index contributed by atoms with van der Waals surface area (Å²) in [5, 5.41) is 12.4. The van der Waals surface area contributed by atoms with Crippen molar-refractivity contribution in [2.24, 2.45) is 0 Å². The first-order valence-electron chi connectivity index (χ1n) is 10.8. The SMILES string of the molecule is CCc1ccc(NC(=O)/C(C#N)=C/c2ccc(OC)cc2OCc2ccc(C)c(C)c2)cc1. The summed E-state index contributed by atoms with van der Waals surface area (Å²) in [4.78, 5) is 12.7. The lowest BCUT2D eigenvalue weighted by atomic mass is 10.1. The highest BCUT2D eigenvalue weighted by Gasteiger charge is 2.13. The lowest BCUT2D eigenvalue weighted by Gasteiger charge is -2.13. The molecule has 33 heavy (non-hydrogen) atoms. The van der Waals surface area contributed by atoms with Crippen LogP contribution in [0.15, 0.2) is 66.2 Å². The van der Waals surface area contributed by atoms with Crippen molar-refractivity contribution in [2.45, 2.75) is 33.8 Å². The zero-order chi connectivity index (χ0) is 23.8. The van der Waals surface area contributed by atoms with Gasteiger partial charge in [0.15, 0.2) is 0 Å². The maximum Gasteiger partial charge on any atom is 0.266 e. The molecule has 5 heteroatoms. The fourth-order valence-corrected chi connectivity index (χ4v) is 3.27. The molecule has 0 spiro atoms. The second-order valence-electron chi connectivity index (χ2n) is 7.79. The quantitative estimate of drug-likeness (QED) is 0.344. The number of ether oxygens (including phenoxy) is 2. The number of anilines is 1. The number of hydrogen-bond donors (Lipinski definition) is 1. The van der Waals surface area contributed by atoms with E-state index in [1.165, 1.54) is 22.8 Å². The summed E-state index contributed by atoms with van der Waals surface area (Å²) in [5.41, 5.74) is 5.86. The monoisotopic (exact) mass is 440 g/mol. The third kappa shape index (κ3) is 6.24. The molecule has 0 aliphatic heterocycles. The van der Waals surface area contributed by atoms with Gasteiger partial charge in [-0.3, -0.25) is 4.79 Å². The summed E-state index contributed by atoms with van der Waals surface area (Å²) < 4.78 is 11.4. The van der Waals surface area contributed by atoms with Gasteiger partial charge in [-0.2, -0.15) is 5.26 Å². The van der Waals surface area contributed by atoms with Gasteiger partial charge in [0, 0.05) is 17.3 Å². The van der Waals surface area contributed by atoms with Crippen molar-refractivity contribution in [3.05, 3.63) is 94.1 Å². The maximum absolute atomic E-state index is 12.7. The summed E-state index contributed by atoms with van der Waals surface area (Å²) >= 11 is 0. The first-order chi connectivity index (χ1) is 15.9. The maximum atomic E-state index is 12.7. The molecular formula is C28H28N2O3. The van der Waals surface area contributed by atoms with Gasteiger partial charge in [0.2, 0.25) is 0 Å². The Morgan fingerprint density at radius 3 is 2.36 bits per heavy atom. The van der Waals surface area contributed by atoms with Crippen LogP contribution in [0.5, 0.6) is 11.5 Å². The van der Waals surface area contributed by atoms with Crippen molar-refractivity contribution in [1.82, 2.24) is 0 Å². The summed E-state index contributed by atoms with van der Waals surface area (Å²) in [6.07, 6.45) is 2.45. The van der Waals surface area contributed by atoms with Crippen LogP contribution in [-0.2, 0) is 17.8 Å². The molecule has 168 valence electrons. The molecule has 0 fully saturated rings. The Balaban J connectivity index is 1.83. The lowest BCUT2D eigenvalue weighted by molar-refractivity contribution is -0.112. The number of amides is 1. The normalized spacial score (nSPS) is 10.9. The van der Waals surface area contributed by atoms with Gasteiger partial charge in [-0.25, -0.2) is 0 Å². The van der Waals surface area contributed by atoms with E-state index in [-0.39, 0.29) is 5.57 Å². The molecule has 0 saturated carbocycles. The highest BCUT2D eigenvalue weighted by atomic mass is 16.5. The van der Waals surface area contributed by atoms with Gasteiger partial charge >= 0.3 is 0 Å². The summed E-state index contributed by atoms with van der Waals surface area (Å²) in [7, 11) is 1.58. The number of aryl methyl sites for hydroxylation is 3. The standard InChI is InChI=1S/C28H28N2O3/c1-5-21-8-11-25(12-9-21)30-28(31)24(17-29)15-23-10-13-26(32-4)16-27(23)33-18-22-7-6-19(2)20(3)14-22/h6-16H,5,18H2,1-4H3,(H,30,31)/b24-15+. The molecule has 0 saturated heterocycles. The van der Waals surface area contributed by atoms with E-state index in [0.29, 0.717) is 29.4 Å². The second-order valence-corrected chi connectivity index (χ2v) is 7.79. The largest absolute Gasteiger partial charge is 0.497 e. The molecule has 3 aromatic carbocycles. The van der Waals surface area contributed by atoms with Crippen molar-refractivity contribution in [3.8, 4) is 17.6 Å². The molecule has 3 rings (SSSR count). The number of nitrogens with zero attached hydrogens (tertiary/aromatic N) is 1. The van der Waals surface area contributed by atoms with E-state index < -0.39 is 5.91 Å². The fourth-order valence-electron chi connectivity index (χ4n) is 3.27. The van der Waals surface area contributed by atoms with Crippen molar-refractivity contribution in [1.29, 1.82) is 5.26 Å². The highest BCUT2D eigenvalue weighted by Crippen LogP contribution is 2.28. The predicted molar refractivity (Wildman–Crippen MR) is 131 cm³/mol. The van der Waals surface area contributed by atoms with Gasteiger partial charge in [-0.1, -0.05) is 37.3 Å². The Kier molecular flexibility index (Phi) is 7.88. The average molecular weight is 441 g/mol. The number of methoxy groups -OCH3 is 1. The Labute approximate surface area is 195 Å². The van der Waals surface area contributed by atoms with Crippen molar-refractivity contribution >= 4 is 17.7 Å². The number of benzene rings is 3. The minimum Gasteiger partial charge on any atom is -0.497 e. The third-order valence-corrected chi connectivity index (χ3v) is 5.47. The van der Waals surface area contributed by atoms with Crippen molar-refractivity contribution in [2.75, 3.05) is 12.4 Å². The highest BCUT2D eigenvalue weighted by molar-refractivity contribution is 6.09. The van der Waals surface area contributed by atoms with Gasteiger partial charge in [-0.05, 0) is 72.9 Å². The van der Waals surface area contributed by atoms with Gasteiger partial charge in [0.05, 0.1) is 7.11 Å². The molecule has 0 atom stereocenters. The Hall–Kier alpha value is -4.04. The van der Waals surface area contributed by atoms with Gasteiger partial charge in [0.25, 0.3) is 5.91 Å². The number of hydrogen-bond acceptors (Lipinski definition) is 4. The molecular weight excluding hydrogens is 412 g/mol. The zero-order valence-corrected chi connectivity index (χ0v) is 19.4. The van der Waals surface area contributed by atoms with Gasteiger partial charge in [0.1, 0.15) is 29.7 Å². The van der Waals surface area contributed by atoms with Gasteiger partial charge in [-0.15, -0.1) is 0 Å². The van der Waals surface area contributed by atoms with E-state index >= 15 is 0 Å². The third-order valence-electron chi connectivity index (χ3n) is 5.47. The molecule has 0 aliphatic rings. The Bertz CT molecular complexity index is 1200. The summed E-state index contributed by atoms with van der Waals surface area (Å²) in [5.74, 6) is 0.680. The van der Waals surface area contributed by atoms with Crippen LogP contribution in [0.3, 0.4) is 0 Å². The van der Waals surface area contributed by atoms with E-state index in [1.807, 2.05) is 36.4 Å². The summed E-state index contributed by atoms with van der Waals surface area (Å²) in [6.45, 7) is 6.55. The van der Waals surface area contributed by atoms with Crippen LogP contribution in [-0.4, -0.2) is 13.0 Å². The molecule has 3 aromatic rings. The molecule has 0 unspecified atom stereocenters. The smallest absolute Gasteiger partial charge is 0.266 e. The van der Waals surface area contributed by atoms with Crippen molar-refractivity contribution in [3.63, 3.8) is 0 Å². The summed E-state index contributed by atoms with van der Waals surface area (Å²) in [6, 6.07) is 21.0. The van der Waals surface area contributed by atoms with Crippen LogP contribution in [0.1, 0.15) is 34.7 Å². The second kappa shape index (κ2) is 11.0. The minimum atomic E-state index is -0.474. The molecule has 5 nitrogen and oxygen atoms in total. The van der Waals surface area contributed by atoms with Crippen LogP contribution in [0.25, 0.3) is 6.08 Å². The average Bonchev–Trinajstić information content (AvgIpc) is 2.84. The predicted octanol–water partition coefficient (Wildman–Crippen LogP) is 6.00. The topological polar surface area (TPSA) is 71.4 Å². The lowest BCUT2D eigenvalue weighted by Crippen LogP contribution is -2.13. The zero-order valence-electron chi connectivity index (χ0n) is 19.4. The minimum absolute atomic E-state index is 0.0178. The van der Waals surface area contributed by atoms with Crippen LogP contribution >= 0.6 is 0 Å². The van der Waals surface area contributed by atoms with E-state index in [4.69, 9.17) is 9.47 Å². The molecule has 1 amide bonds. The molecule has 0 bridgehead atoms. The van der Waals surface area contributed by atoms with E-state index in [9.17, 15) is 10.1 Å². The van der Waals surface area contributed by atoms with Crippen LogP contribution < -0.4 is 14.8 Å². The molecule has 0 heterocycles. The Morgan fingerprint density at radius 1 is 1.00 bits per heavy atom. The number of carbonyl (C=O) groups excluding carboxylic acids is 1. The van der Waals surface area contributed by atoms with Crippen LogP contribution in [0, 0.1) is 25.2 Å². The number of nitriles is 1. The number of carbonyl (C=O) groups is 1. The van der Waals surface area contributed by atoms with Crippen LogP contribution in [0.2, 0.25) is 0 Å². The van der Waals surface area contributed by atoms with Crippen molar-refractivity contribution < 1.29 is 14.3 Å². The number of nitrogens with one attached hydrogen (secondary N) is 1. The van der Waals surface area contributed by atoms with Crippen LogP contribution in [0.4, 0.5) is 5.69 Å². The first-order valence-corrected chi connectivity index (χ1v) is 10.8. The molecule has 0 aliphatic carbocycles. The molecule has 0 radical (unpaired) electrons. The van der Waals surface area contributed by atoms with E-state index in [2.05, 4.69) is 38.2 Å². The van der Waals surface area contributed by atoms with Gasteiger partial charge < -0.3 is 14.8 Å². The molecule has 1 N–H and O–H groups in total. The fraction of sp³-hybridized carbons (Fsp3) is 0.214. The first kappa shape index (κ1) is 23.6. The van der Waals surface area contributed by atoms with E-state index in [0.717, 1.165) is 12.0 Å². The van der Waals surface area contributed by atoms with E-state index in [1.54, 1.807) is 25.3 Å². The number of rotatable bonds is 8.